The maximum atomic E-state index is 13.2. The van der Waals surface area contributed by atoms with Crippen LogP contribution >= 0.6 is 0 Å². The number of carbonyl (C=O) groups excluding carboxylic acids is 2. The number of nitrogens with one attached hydrogen (secondary N) is 2. The van der Waals surface area contributed by atoms with E-state index in [9.17, 15) is 18.4 Å². The normalized spacial score (nSPS) is 10.6. The molecule has 0 aliphatic carbocycles. The Morgan fingerprint density at radius 1 is 0.657 bits per heavy atom. The molecular formula is C28H22F2N2O3. The van der Waals surface area contributed by atoms with Crippen LogP contribution in [-0.2, 0) is 6.61 Å². The molecule has 0 radical (unpaired) electrons. The summed E-state index contributed by atoms with van der Waals surface area (Å²) in [5.74, 6) is -1.31. The van der Waals surface area contributed by atoms with Gasteiger partial charge in [-0.3, -0.25) is 9.59 Å². The molecule has 4 aromatic rings. The van der Waals surface area contributed by atoms with Crippen molar-refractivity contribution in [3.05, 3.63) is 137 Å². The van der Waals surface area contributed by atoms with Crippen molar-refractivity contribution in [1.29, 1.82) is 0 Å². The molecule has 176 valence electrons. The Morgan fingerprint density at radius 2 is 1.14 bits per heavy atom. The van der Waals surface area contributed by atoms with Crippen LogP contribution in [0.1, 0.15) is 38.0 Å². The molecule has 0 saturated heterocycles. The summed E-state index contributed by atoms with van der Waals surface area (Å²) in [6, 6.07) is 26.8. The fourth-order valence-corrected chi connectivity index (χ4v) is 3.33. The van der Waals surface area contributed by atoms with Crippen LogP contribution in [0.3, 0.4) is 0 Å². The van der Waals surface area contributed by atoms with E-state index in [0.29, 0.717) is 17.9 Å². The van der Waals surface area contributed by atoms with Crippen LogP contribution in [-0.4, -0.2) is 11.8 Å². The van der Waals surface area contributed by atoms with E-state index in [1.807, 2.05) is 30.3 Å². The van der Waals surface area contributed by atoms with Crippen molar-refractivity contribution in [2.45, 2.75) is 12.8 Å². The summed E-state index contributed by atoms with van der Waals surface area (Å²) >= 11 is 0. The predicted octanol–water partition coefficient (Wildman–Crippen LogP) is 5.40. The van der Waals surface area contributed by atoms with Crippen molar-refractivity contribution >= 4 is 11.8 Å². The van der Waals surface area contributed by atoms with Gasteiger partial charge in [0.1, 0.15) is 30.2 Å². The Hall–Kier alpha value is -4.52. The molecule has 0 spiro atoms. The fraction of sp³-hybridized carbons (Fsp3) is 0.0714. The Labute approximate surface area is 201 Å². The van der Waals surface area contributed by atoms with E-state index in [-0.39, 0.29) is 11.1 Å². The summed E-state index contributed by atoms with van der Waals surface area (Å²) in [5.41, 5.74) is 2.07. The third kappa shape index (κ3) is 6.51. The zero-order valence-corrected chi connectivity index (χ0v) is 18.6. The molecule has 0 heterocycles. The van der Waals surface area contributed by atoms with E-state index in [0.717, 1.165) is 5.56 Å². The van der Waals surface area contributed by atoms with E-state index >= 15 is 0 Å². The minimum Gasteiger partial charge on any atom is -0.489 e. The molecule has 2 amide bonds. The van der Waals surface area contributed by atoms with Crippen molar-refractivity contribution < 1.29 is 23.1 Å². The zero-order chi connectivity index (χ0) is 24.6. The summed E-state index contributed by atoms with van der Waals surface area (Å²) in [6.07, 6.45) is -0.909. The molecule has 0 aromatic heterocycles. The largest absolute Gasteiger partial charge is 0.489 e. The van der Waals surface area contributed by atoms with Crippen molar-refractivity contribution in [2.75, 3.05) is 0 Å². The highest BCUT2D eigenvalue weighted by Gasteiger charge is 2.19. The Bertz CT molecular complexity index is 1220. The van der Waals surface area contributed by atoms with Crippen LogP contribution in [0.5, 0.6) is 5.75 Å². The van der Waals surface area contributed by atoms with Gasteiger partial charge in [0.05, 0.1) is 0 Å². The first kappa shape index (κ1) is 23.6. The van der Waals surface area contributed by atoms with Gasteiger partial charge >= 0.3 is 0 Å². The van der Waals surface area contributed by atoms with Gasteiger partial charge in [0.2, 0.25) is 0 Å². The molecule has 0 saturated carbocycles. The highest BCUT2D eigenvalue weighted by molar-refractivity contribution is 5.96. The van der Waals surface area contributed by atoms with Gasteiger partial charge in [0, 0.05) is 11.1 Å². The number of ether oxygens (including phenoxy) is 1. The molecule has 0 fully saturated rings. The average molecular weight is 472 g/mol. The smallest absolute Gasteiger partial charge is 0.253 e. The van der Waals surface area contributed by atoms with Gasteiger partial charge in [-0.25, -0.2) is 8.78 Å². The van der Waals surface area contributed by atoms with Crippen LogP contribution < -0.4 is 15.4 Å². The Balaban J connectivity index is 1.51. The van der Waals surface area contributed by atoms with Crippen LogP contribution in [0.25, 0.3) is 0 Å². The molecule has 0 bridgehead atoms. The number of hydrogen-bond acceptors (Lipinski definition) is 3. The standard InChI is InChI=1S/C28H22F2N2O3/c29-23-12-6-21(7-13-23)27(33)31-26(32-28(34)22-8-14-24(30)15-9-22)20-10-16-25(17-11-20)35-18-19-4-2-1-3-5-19/h1-17,26H,18H2,(H,31,33)(H,32,34). The second-order valence-corrected chi connectivity index (χ2v) is 7.74. The second-order valence-electron chi connectivity index (χ2n) is 7.74. The summed E-state index contributed by atoms with van der Waals surface area (Å²) in [6.45, 7) is 0.395. The first-order chi connectivity index (χ1) is 17.0. The summed E-state index contributed by atoms with van der Waals surface area (Å²) in [4.78, 5) is 25.5. The quantitative estimate of drug-likeness (QED) is 0.338. The minimum absolute atomic E-state index is 0.232. The van der Waals surface area contributed by atoms with Crippen molar-refractivity contribution in [1.82, 2.24) is 10.6 Å². The SMILES string of the molecule is O=C(NC(NC(=O)c1ccc(F)cc1)c1ccc(OCc2ccccc2)cc1)c1ccc(F)cc1. The molecule has 5 nitrogen and oxygen atoms in total. The fourth-order valence-electron chi connectivity index (χ4n) is 3.33. The van der Waals surface area contributed by atoms with Gasteiger partial charge in [0.25, 0.3) is 11.8 Å². The lowest BCUT2D eigenvalue weighted by Crippen LogP contribution is -2.41. The molecule has 35 heavy (non-hydrogen) atoms. The molecule has 0 aliphatic rings. The topological polar surface area (TPSA) is 67.4 Å². The molecule has 0 unspecified atom stereocenters. The van der Waals surface area contributed by atoms with Crippen LogP contribution in [0, 0.1) is 11.6 Å². The molecule has 4 aromatic carbocycles. The number of rotatable bonds is 8. The number of amides is 2. The van der Waals surface area contributed by atoms with Crippen LogP contribution in [0.2, 0.25) is 0 Å². The molecular weight excluding hydrogens is 450 g/mol. The lowest BCUT2D eigenvalue weighted by atomic mass is 10.1. The maximum Gasteiger partial charge on any atom is 0.253 e. The monoisotopic (exact) mass is 472 g/mol. The minimum atomic E-state index is -0.909. The predicted molar refractivity (Wildman–Crippen MR) is 128 cm³/mol. The van der Waals surface area contributed by atoms with Crippen molar-refractivity contribution in [3.8, 4) is 5.75 Å². The second kappa shape index (κ2) is 11.1. The third-order valence-corrected chi connectivity index (χ3v) is 5.23. The summed E-state index contributed by atoms with van der Waals surface area (Å²) < 4.78 is 32.3. The van der Waals surface area contributed by atoms with Gasteiger partial charge in [-0.2, -0.15) is 0 Å². The molecule has 2 N–H and O–H groups in total. The highest BCUT2D eigenvalue weighted by Crippen LogP contribution is 2.19. The Morgan fingerprint density at radius 3 is 1.63 bits per heavy atom. The van der Waals surface area contributed by atoms with Crippen molar-refractivity contribution in [2.24, 2.45) is 0 Å². The molecule has 0 aliphatic heterocycles. The van der Waals surface area contributed by atoms with Gasteiger partial charge in [-0.1, -0.05) is 42.5 Å². The number of halogens is 2. The average Bonchev–Trinajstić information content (AvgIpc) is 2.88. The molecule has 7 heteroatoms. The highest BCUT2D eigenvalue weighted by atomic mass is 19.1. The van der Waals surface area contributed by atoms with Crippen molar-refractivity contribution in [3.63, 3.8) is 0 Å². The number of carbonyl (C=O) groups is 2. The van der Waals surface area contributed by atoms with E-state index in [1.165, 1.54) is 48.5 Å². The van der Waals surface area contributed by atoms with E-state index < -0.39 is 29.6 Å². The molecule has 4 rings (SSSR count). The zero-order valence-electron chi connectivity index (χ0n) is 18.6. The summed E-state index contributed by atoms with van der Waals surface area (Å²) in [5, 5.41) is 5.50. The van der Waals surface area contributed by atoms with Crippen LogP contribution in [0.15, 0.2) is 103 Å². The van der Waals surface area contributed by atoms with Crippen LogP contribution in [0.4, 0.5) is 8.78 Å². The Kier molecular flexibility index (Phi) is 7.47. The number of hydrogen-bond donors (Lipinski definition) is 2. The van der Waals surface area contributed by atoms with Gasteiger partial charge < -0.3 is 15.4 Å². The number of benzene rings is 4. The van der Waals surface area contributed by atoms with Gasteiger partial charge in [-0.15, -0.1) is 0 Å². The van der Waals surface area contributed by atoms with E-state index in [4.69, 9.17) is 4.74 Å². The van der Waals surface area contributed by atoms with Gasteiger partial charge in [0.15, 0.2) is 0 Å². The third-order valence-electron chi connectivity index (χ3n) is 5.23. The summed E-state index contributed by atoms with van der Waals surface area (Å²) in [7, 11) is 0. The lowest BCUT2D eigenvalue weighted by molar-refractivity contribution is 0.0883. The van der Waals surface area contributed by atoms with E-state index in [2.05, 4.69) is 10.6 Å². The molecule has 0 atom stereocenters. The lowest BCUT2D eigenvalue weighted by Gasteiger charge is -2.21. The van der Waals surface area contributed by atoms with E-state index in [1.54, 1.807) is 24.3 Å². The first-order valence-electron chi connectivity index (χ1n) is 10.9. The van der Waals surface area contributed by atoms with Gasteiger partial charge in [-0.05, 0) is 71.8 Å². The maximum absolute atomic E-state index is 13.2. The first-order valence-corrected chi connectivity index (χ1v) is 10.9.